The quantitative estimate of drug-likeness (QED) is 0.627. The monoisotopic (exact) mass is 386 g/mol. The van der Waals surface area contributed by atoms with Gasteiger partial charge in [-0.05, 0) is 42.0 Å². The minimum absolute atomic E-state index is 0.161. The maximum atomic E-state index is 12.9. The van der Waals surface area contributed by atoms with Gasteiger partial charge in [-0.15, -0.1) is 11.3 Å². The van der Waals surface area contributed by atoms with E-state index in [0.29, 0.717) is 17.3 Å². The van der Waals surface area contributed by atoms with Crippen molar-refractivity contribution in [2.75, 3.05) is 19.0 Å². The van der Waals surface area contributed by atoms with Crippen LogP contribution in [0.1, 0.15) is 16.9 Å². The number of rotatable bonds is 8. The number of thiazole rings is 1. The molecule has 1 aromatic heterocycles. The Morgan fingerprint density at radius 3 is 2.52 bits per heavy atom. The van der Waals surface area contributed by atoms with Gasteiger partial charge in [0.25, 0.3) is 0 Å². The summed E-state index contributed by atoms with van der Waals surface area (Å²) in [6.07, 6.45) is 2.59. The molecule has 140 valence electrons. The van der Waals surface area contributed by atoms with Crippen molar-refractivity contribution in [1.29, 1.82) is 0 Å². The standard InChI is InChI=1S/C20H19FN2O3S/c1-25-16-6-8-17(9-7-16)26-11-10-19(24)23-20-22-13-18(27-20)12-14-2-4-15(21)5-3-14/h2-9,13H,10-12H2,1H3,(H,22,23,24). The molecule has 0 atom stereocenters. The number of amides is 1. The second kappa shape index (κ2) is 9.14. The zero-order chi connectivity index (χ0) is 19.1. The highest BCUT2D eigenvalue weighted by atomic mass is 32.1. The van der Waals surface area contributed by atoms with Crippen LogP contribution in [0, 0.1) is 5.82 Å². The van der Waals surface area contributed by atoms with Crippen molar-refractivity contribution >= 4 is 22.4 Å². The third-order valence-electron chi connectivity index (χ3n) is 3.75. The van der Waals surface area contributed by atoms with Crippen molar-refractivity contribution in [3.8, 4) is 11.5 Å². The van der Waals surface area contributed by atoms with E-state index in [1.54, 1.807) is 49.7 Å². The van der Waals surface area contributed by atoms with Gasteiger partial charge in [0.1, 0.15) is 17.3 Å². The van der Waals surface area contributed by atoms with Crippen LogP contribution in [-0.4, -0.2) is 24.6 Å². The fraction of sp³-hybridized carbons (Fsp3) is 0.200. The van der Waals surface area contributed by atoms with Gasteiger partial charge in [-0.25, -0.2) is 9.37 Å². The molecule has 0 saturated carbocycles. The molecule has 0 aliphatic rings. The molecule has 1 heterocycles. The van der Waals surface area contributed by atoms with Crippen LogP contribution in [0.5, 0.6) is 11.5 Å². The van der Waals surface area contributed by atoms with Gasteiger partial charge < -0.3 is 14.8 Å². The van der Waals surface area contributed by atoms with E-state index in [9.17, 15) is 9.18 Å². The molecular formula is C20H19FN2O3S. The average Bonchev–Trinajstić information content (AvgIpc) is 3.11. The lowest BCUT2D eigenvalue weighted by atomic mass is 10.1. The highest BCUT2D eigenvalue weighted by Crippen LogP contribution is 2.22. The van der Waals surface area contributed by atoms with E-state index in [0.717, 1.165) is 16.2 Å². The summed E-state index contributed by atoms with van der Waals surface area (Å²) in [6, 6.07) is 13.5. The second-order valence-electron chi connectivity index (χ2n) is 5.76. The normalized spacial score (nSPS) is 10.4. The first-order valence-electron chi connectivity index (χ1n) is 8.38. The number of benzene rings is 2. The molecule has 3 rings (SSSR count). The summed E-state index contributed by atoms with van der Waals surface area (Å²) in [6.45, 7) is 0.270. The van der Waals surface area contributed by atoms with Gasteiger partial charge in [-0.3, -0.25) is 4.79 Å². The van der Waals surface area contributed by atoms with Crippen molar-refractivity contribution in [1.82, 2.24) is 4.98 Å². The lowest BCUT2D eigenvalue weighted by Crippen LogP contribution is -2.14. The Balaban J connectivity index is 1.43. The number of carbonyl (C=O) groups is 1. The van der Waals surface area contributed by atoms with Gasteiger partial charge >= 0.3 is 0 Å². The van der Waals surface area contributed by atoms with Gasteiger partial charge in [-0.1, -0.05) is 12.1 Å². The smallest absolute Gasteiger partial charge is 0.229 e. The third kappa shape index (κ3) is 5.79. The molecule has 27 heavy (non-hydrogen) atoms. The van der Waals surface area contributed by atoms with E-state index in [-0.39, 0.29) is 24.8 Å². The van der Waals surface area contributed by atoms with E-state index in [2.05, 4.69) is 10.3 Å². The number of anilines is 1. The molecule has 7 heteroatoms. The molecule has 0 saturated heterocycles. The summed E-state index contributed by atoms with van der Waals surface area (Å²) < 4.78 is 23.6. The van der Waals surface area contributed by atoms with Crippen LogP contribution in [-0.2, 0) is 11.2 Å². The summed E-state index contributed by atoms with van der Waals surface area (Å²) in [5.74, 6) is 1.01. The summed E-state index contributed by atoms with van der Waals surface area (Å²) in [5, 5.41) is 3.31. The van der Waals surface area contributed by atoms with E-state index >= 15 is 0 Å². The number of ether oxygens (including phenoxy) is 2. The molecule has 0 aliphatic carbocycles. The number of hydrogen-bond donors (Lipinski definition) is 1. The van der Waals surface area contributed by atoms with Crippen LogP contribution >= 0.6 is 11.3 Å². The molecule has 3 aromatic rings. The van der Waals surface area contributed by atoms with Gasteiger partial charge in [0.05, 0.1) is 20.1 Å². The zero-order valence-electron chi connectivity index (χ0n) is 14.8. The lowest BCUT2D eigenvalue weighted by Gasteiger charge is -2.06. The van der Waals surface area contributed by atoms with Crippen molar-refractivity contribution in [2.24, 2.45) is 0 Å². The lowest BCUT2D eigenvalue weighted by molar-refractivity contribution is -0.116. The van der Waals surface area contributed by atoms with Crippen molar-refractivity contribution < 1.29 is 18.7 Å². The number of halogens is 1. The fourth-order valence-electron chi connectivity index (χ4n) is 2.37. The molecule has 0 bridgehead atoms. The average molecular weight is 386 g/mol. The highest BCUT2D eigenvalue weighted by molar-refractivity contribution is 7.15. The zero-order valence-corrected chi connectivity index (χ0v) is 15.6. The van der Waals surface area contributed by atoms with E-state index in [1.807, 2.05) is 0 Å². The van der Waals surface area contributed by atoms with Crippen molar-refractivity contribution in [2.45, 2.75) is 12.8 Å². The van der Waals surface area contributed by atoms with Crippen LogP contribution in [0.4, 0.5) is 9.52 Å². The molecule has 0 fully saturated rings. The first kappa shape index (κ1) is 18.8. The van der Waals surface area contributed by atoms with Crippen LogP contribution in [0.2, 0.25) is 0 Å². The molecule has 5 nitrogen and oxygen atoms in total. The first-order valence-corrected chi connectivity index (χ1v) is 9.20. The molecular weight excluding hydrogens is 367 g/mol. The van der Waals surface area contributed by atoms with Crippen LogP contribution < -0.4 is 14.8 Å². The summed E-state index contributed by atoms with van der Waals surface area (Å²) in [5.41, 5.74) is 0.991. The predicted molar refractivity (Wildman–Crippen MR) is 103 cm³/mol. The summed E-state index contributed by atoms with van der Waals surface area (Å²) in [7, 11) is 1.60. The number of hydrogen-bond acceptors (Lipinski definition) is 5. The Morgan fingerprint density at radius 2 is 1.81 bits per heavy atom. The van der Waals surface area contributed by atoms with Gasteiger partial charge in [0.15, 0.2) is 5.13 Å². The largest absolute Gasteiger partial charge is 0.497 e. The molecule has 1 amide bonds. The Kier molecular flexibility index (Phi) is 6.38. The molecule has 0 aliphatic heterocycles. The minimum Gasteiger partial charge on any atom is -0.497 e. The Bertz CT molecular complexity index is 879. The molecule has 0 spiro atoms. The van der Waals surface area contributed by atoms with E-state index < -0.39 is 0 Å². The van der Waals surface area contributed by atoms with Gasteiger partial charge in [0, 0.05) is 17.5 Å². The minimum atomic E-state index is -0.257. The van der Waals surface area contributed by atoms with Crippen LogP contribution in [0.25, 0.3) is 0 Å². The van der Waals surface area contributed by atoms with E-state index in [1.165, 1.54) is 23.5 Å². The SMILES string of the molecule is COc1ccc(OCCC(=O)Nc2ncc(Cc3ccc(F)cc3)s2)cc1. The number of nitrogens with zero attached hydrogens (tertiary/aromatic N) is 1. The summed E-state index contributed by atoms with van der Waals surface area (Å²) >= 11 is 1.40. The Morgan fingerprint density at radius 1 is 1.11 bits per heavy atom. The van der Waals surface area contributed by atoms with Gasteiger partial charge in [-0.2, -0.15) is 0 Å². The maximum absolute atomic E-state index is 12.9. The topological polar surface area (TPSA) is 60.5 Å². The second-order valence-corrected chi connectivity index (χ2v) is 6.87. The van der Waals surface area contributed by atoms with Crippen LogP contribution in [0.15, 0.2) is 54.7 Å². The maximum Gasteiger partial charge on any atom is 0.229 e. The first-order chi connectivity index (χ1) is 13.1. The van der Waals surface area contributed by atoms with Crippen molar-refractivity contribution in [3.05, 3.63) is 71.0 Å². The summed E-state index contributed by atoms with van der Waals surface area (Å²) in [4.78, 5) is 17.2. The van der Waals surface area contributed by atoms with E-state index in [4.69, 9.17) is 9.47 Å². The fourth-order valence-corrected chi connectivity index (χ4v) is 3.23. The number of carbonyl (C=O) groups excluding carboxylic acids is 1. The van der Waals surface area contributed by atoms with Crippen LogP contribution in [0.3, 0.4) is 0 Å². The number of aromatic nitrogens is 1. The number of nitrogens with one attached hydrogen (secondary N) is 1. The third-order valence-corrected chi connectivity index (χ3v) is 4.66. The molecule has 2 aromatic carbocycles. The number of methoxy groups -OCH3 is 1. The molecule has 0 unspecified atom stereocenters. The molecule has 1 N–H and O–H groups in total. The van der Waals surface area contributed by atoms with Crippen molar-refractivity contribution in [3.63, 3.8) is 0 Å². The Labute approximate surface area is 160 Å². The van der Waals surface area contributed by atoms with Gasteiger partial charge in [0.2, 0.25) is 5.91 Å². The Hall–Kier alpha value is -2.93. The predicted octanol–water partition coefficient (Wildman–Crippen LogP) is 4.29. The highest BCUT2D eigenvalue weighted by Gasteiger charge is 2.08. The molecule has 0 radical (unpaired) electrons.